The molecule has 2 radical (unpaired) electrons. The Labute approximate surface area is 184 Å². The molecule has 0 spiro atoms. The Morgan fingerprint density at radius 2 is 0.467 bits per heavy atom. The third-order valence-electron chi connectivity index (χ3n) is 5.61. The van der Waals surface area contributed by atoms with E-state index in [0.717, 1.165) is 0 Å². The predicted molar refractivity (Wildman–Crippen MR) is 135 cm³/mol. The zero-order valence-electron chi connectivity index (χ0n) is 18.2. The van der Waals surface area contributed by atoms with Crippen LogP contribution < -0.4 is 20.7 Å². The Morgan fingerprint density at radius 1 is 0.300 bits per heavy atom. The molecule has 0 aliphatic carbocycles. The fraction of sp³-hybridized carbons (Fsp3) is 0.143. The minimum atomic E-state index is -0.999. The third-order valence-corrected chi connectivity index (χ3v) is 14.7. The molecule has 0 nitrogen and oxygen atoms in total. The number of rotatable bonds is 5. The zero-order chi connectivity index (χ0) is 21.1. The molecule has 0 saturated carbocycles. The molecular formula is C28H28Si2. The summed E-state index contributed by atoms with van der Waals surface area (Å²) in [6.07, 6.45) is 0. The van der Waals surface area contributed by atoms with E-state index in [4.69, 9.17) is 0 Å². The molecular weight excluding hydrogens is 392 g/mol. The van der Waals surface area contributed by atoms with Gasteiger partial charge >= 0.3 is 0 Å². The van der Waals surface area contributed by atoms with Crippen LogP contribution in [0, 0.1) is 27.7 Å². The molecule has 0 saturated heterocycles. The van der Waals surface area contributed by atoms with Gasteiger partial charge in [0.1, 0.15) is 16.6 Å². The van der Waals surface area contributed by atoms with Crippen LogP contribution in [0.1, 0.15) is 22.3 Å². The van der Waals surface area contributed by atoms with Crippen molar-refractivity contribution in [2.75, 3.05) is 0 Å². The summed E-state index contributed by atoms with van der Waals surface area (Å²) in [7, 11) is -2.00. The van der Waals surface area contributed by atoms with Gasteiger partial charge in [-0.1, -0.05) is 140 Å². The zero-order valence-corrected chi connectivity index (χ0v) is 20.2. The first-order valence-electron chi connectivity index (χ1n) is 10.5. The lowest BCUT2D eigenvalue weighted by Crippen LogP contribution is -2.65. The molecule has 0 unspecified atom stereocenters. The topological polar surface area (TPSA) is 0 Å². The molecule has 0 N–H and O–H groups in total. The van der Waals surface area contributed by atoms with Gasteiger partial charge in [0.2, 0.25) is 0 Å². The Bertz CT molecular complexity index is 909. The van der Waals surface area contributed by atoms with Gasteiger partial charge in [0.05, 0.1) is 0 Å². The minimum Gasteiger partial charge on any atom is -0.0628 e. The third kappa shape index (κ3) is 4.56. The summed E-state index contributed by atoms with van der Waals surface area (Å²) >= 11 is 0. The molecule has 148 valence electrons. The quantitative estimate of drug-likeness (QED) is 0.429. The molecule has 0 bridgehead atoms. The van der Waals surface area contributed by atoms with Crippen molar-refractivity contribution in [2.24, 2.45) is 0 Å². The summed E-state index contributed by atoms with van der Waals surface area (Å²) in [6.45, 7) is 8.70. The van der Waals surface area contributed by atoms with Gasteiger partial charge in [-0.05, 0) is 27.7 Å². The highest BCUT2D eigenvalue weighted by molar-refractivity contribution is 7.42. The Hall–Kier alpha value is -2.69. The SMILES string of the molecule is Cc1ccc([Si](c2ccc(C)cc2)[Si](c2ccc(C)cc2)c2ccc(C)cc2)cc1. The van der Waals surface area contributed by atoms with Gasteiger partial charge in [0.25, 0.3) is 0 Å². The van der Waals surface area contributed by atoms with E-state index in [1.807, 2.05) is 0 Å². The molecule has 4 aromatic rings. The van der Waals surface area contributed by atoms with Crippen LogP contribution in [-0.2, 0) is 0 Å². The lowest BCUT2D eigenvalue weighted by molar-refractivity contribution is 1.48. The molecule has 0 fully saturated rings. The second-order valence-electron chi connectivity index (χ2n) is 8.21. The Morgan fingerprint density at radius 3 is 0.633 bits per heavy atom. The van der Waals surface area contributed by atoms with Crippen molar-refractivity contribution in [2.45, 2.75) is 27.7 Å². The minimum absolute atomic E-state index is 0.999. The predicted octanol–water partition coefficient (Wildman–Crippen LogP) is 3.92. The lowest BCUT2D eigenvalue weighted by Gasteiger charge is -2.26. The first kappa shape index (κ1) is 20.6. The van der Waals surface area contributed by atoms with Gasteiger partial charge in [0.15, 0.2) is 0 Å². The second-order valence-corrected chi connectivity index (χ2v) is 15.0. The first-order chi connectivity index (χ1) is 14.5. The molecule has 0 heterocycles. The van der Waals surface area contributed by atoms with E-state index in [1.165, 1.54) is 43.0 Å². The smallest absolute Gasteiger partial charge is 0.0628 e. The van der Waals surface area contributed by atoms with E-state index >= 15 is 0 Å². The summed E-state index contributed by atoms with van der Waals surface area (Å²) in [6, 6.07) is 37.2. The molecule has 4 rings (SSSR count). The maximum atomic E-state index is 2.37. The summed E-state index contributed by atoms with van der Waals surface area (Å²) in [5, 5.41) is 6.02. The highest BCUT2D eigenvalue weighted by Crippen LogP contribution is 2.06. The first-order valence-corrected chi connectivity index (χ1v) is 14.5. The summed E-state index contributed by atoms with van der Waals surface area (Å²) in [4.78, 5) is 0. The summed E-state index contributed by atoms with van der Waals surface area (Å²) in [5.41, 5.74) is 5.29. The number of hydrogen-bond acceptors (Lipinski definition) is 0. The van der Waals surface area contributed by atoms with Gasteiger partial charge in [-0.25, -0.2) is 0 Å². The van der Waals surface area contributed by atoms with E-state index in [2.05, 4.69) is 125 Å². The number of hydrogen-bond donors (Lipinski definition) is 0. The van der Waals surface area contributed by atoms with Crippen LogP contribution in [0.15, 0.2) is 97.1 Å². The van der Waals surface area contributed by atoms with E-state index in [9.17, 15) is 0 Å². The lowest BCUT2D eigenvalue weighted by atomic mass is 10.2. The van der Waals surface area contributed by atoms with Crippen molar-refractivity contribution in [3.8, 4) is 0 Å². The van der Waals surface area contributed by atoms with Crippen LogP contribution in [-0.4, -0.2) is 16.6 Å². The van der Waals surface area contributed by atoms with Crippen LogP contribution in [0.2, 0.25) is 0 Å². The molecule has 2 heteroatoms. The van der Waals surface area contributed by atoms with E-state index in [0.29, 0.717) is 0 Å². The number of aryl methyl sites for hydroxylation is 4. The standard InChI is InChI=1S/C28H28Si2/c1-21-5-13-25(14-6-21)29(26-15-7-22(2)8-16-26)30(27-17-9-23(3)10-18-27)28-19-11-24(4)12-20-28/h5-20H,1-4H3. The van der Waals surface area contributed by atoms with Crippen molar-refractivity contribution >= 4 is 37.4 Å². The van der Waals surface area contributed by atoms with Crippen LogP contribution in [0.5, 0.6) is 0 Å². The molecule has 0 aliphatic heterocycles. The fourth-order valence-corrected chi connectivity index (χ4v) is 13.1. The van der Waals surface area contributed by atoms with Gasteiger partial charge in [-0.15, -0.1) is 0 Å². The maximum absolute atomic E-state index is 2.37. The van der Waals surface area contributed by atoms with Crippen LogP contribution >= 0.6 is 0 Å². The normalized spacial score (nSPS) is 11.3. The van der Waals surface area contributed by atoms with Gasteiger partial charge < -0.3 is 0 Å². The van der Waals surface area contributed by atoms with Crippen molar-refractivity contribution in [1.82, 2.24) is 0 Å². The number of benzene rings is 4. The molecule has 0 amide bonds. The molecule has 0 aliphatic rings. The average Bonchev–Trinajstić information content (AvgIpc) is 2.75. The average molecular weight is 421 g/mol. The molecule has 0 aromatic heterocycles. The second kappa shape index (κ2) is 8.99. The molecule has 4 aromatic carbocycles. The van der Waals surface area contributed by atoms with E-state index in [-0.39, 0.29) is 0 Å². The highest BCUT2D eigenvalue weighted by atomic mass is 29.2. The highest BCUT2D eigenvalue weighted by Gasteiger charge is 2.32. The fourth-order valence-electron chi connectivity index (χ4n) is 3.79. The van der Waals surface area contributed by atoms with Gasteiger partial charge in [-0.3, -0.25) is 0 Å². The molecule has 30 heavy (non-hydrogen) atoms. The largest absolute Gasteiger partial charge is 0.121 e. The van der Waals surface area contributed by atoms with Crippen molar-refractivity contribution in [3.63, 3.8) is 0 Å². The summed E-state index contributed by atoms with van der Waals surface area (Å²) < 4.78 is 0. The van der Waals surface area contributed by atoms with Crippen LogP contribution in [0.25, 0.3) is 0 Å². The van der Waals surface area contributed by atoms with Gasteiger partial charge in [0, 0.05) is 0 Å². The molecule has 0 atom stereocenters. The van der Waals surface area contributed by atoms with Crippen molar-refractivity contribution in [1.29, 1.82) is 0 Å². The van der Waals surface area contributed by atoms with Crippen LogP contribution in [0.4, 0.5) is 0 Å². The van der Waals surface area contributed by atoms with E-state index in [1.54, 1.807) is 0 Å². The summed E-state index contributed by atoms with van der Waals surface area (Å²) in [5.74, 6) is 0. The maximum Gasteiger partial charge on any atom is 0.121 e. The Balaban J connectivity index is 1.93. The van der Waals surface area contributed by atoms with E-state index < -0.39 is 16.6 Å². The Kier molecular flexibility index (Phi) is 6.17. The van der Waals surface area contributed by atoms with Crippen molar-refractivity contribution < 1.29 is 0 Å². The van der Waals surface area contributed by atoms with Crippen LogP contribution in [0.3, 0.4) is 0 Å². The van der Waals surface area contributed by atoms with Crippen molar-refractivity contribution in [3.05, 3.63) is 119 Å². The monoisotopic (exact) mass is 420 g/mol. The van der Waals surface area contributed by atoms with Gasteiger partial charge in [-0.2, -0.15) is 0 Å².